The van der Waals surface area contributed by atoms with Crippen LogP contribution in [0.5, 0.6) is 0 Å². The minimum atomic E-state index is -1.71. The van der Waals surface area contributed by atoms with Gasteiger partial charge >= 0.3 is 0 Å². The number of hydrogen-bond acceptors (Lipinski definition) is 10. The zero-order valence-corrected chi connectivity index (χ0v) is 37.5. The van der Waals surface area contributed by atoms with Gasteiger partial charge in [-0.15, -0.1) is 0 Å². The lowest BCUT2D eigenvalue weighted by Crippen LogP contribution is -2.32. The predicted molar refractivity (Wildman–Crippen MR) is 243 cm³/mol. The van der Waals surface area contributed by atoms with Gasteiger partial charge in [0.2, 0.25) is 12.1 Å². The number of carbonyl (C=O) groups is 6. The summed E-state index contributed by atoms with van der Waals surface area (Å²) in [5.74, 6) is -4.53. The Morgan fingerprint density at radius 2 is 0.774 bits per heavy atom. The minimum Gasteiger partial charge on any atom is -0.322 e. The van der Waals surface area contributed by atoms with Crippen molar-refractivity contribution in [2.24, 2.45) is 20.5 Å². The number of azo groups is 2. The largest absolute Gasteiger partial charge is 0.322 e. The highest BCUT2D eigenvalue weighted by atomic mass is 35.5. The predicted octanol–water partition coefficient (Wildman–Crippen LogP) is 12.8. The molecule has 0 spiro atoms. The Morgan fingerprint density at radius 1 is 0.419 bits per heavy atom. The monoisotopic (exact) mass is 994 g/mol. The molecule has 318 valence electrons. The molecule has 5 aromatic rings. The van der Waals surface area contributed by atoms with Gasteiger partial charge in [-0.2, -0.15) is 20.5 Å². The van der Waals surface area contributed by atoms with Crippen LogP contribution in [0.15, 0.2) is 105 Å². The highest BCUT2D eigenvalue weighted by Crippen LogP contribution is 2.35. The van der Waals surface area contributed by atoms with E-state index in [1.807, 2.05) is 0 Å². The maximum atomic E-state index is 13.3. The van der Waals surface area contributed by atoms with Crippen LogP contribution in [-0.4, -0.2) is 47.3 Å². The molecular formula is C40H26Cl8N8O6. The molecule has 0 saturated carbocycles. The summed E-state index contributed by atoms with van der Waals surface area (Å²) >= 11 is 49.6. The fourth-order valence-electron chi connectivity index (χ4n) is 5.05. The first-order valence-corrected chi connectivity index (χ1v) is 20.4. The van der Waals surface area contributed by atoms with E-state index in [1.165, 1.54) is 72.8 Å². The van der Waals surface area contributed by atoms with Crippen molar-refractivity contribution in [3.8, 4) is 0 Å². The average molecular weight is 998 g/mol. The van der Waals surface area contributed by atoms with Crippen molar-refractivity contribution >= 4 is 162 Å². The lowest BCUT2D eigenvalue weighted by atomic mass is 10.1. The van der Waals surface area contributed by atoms with Crippen LogP contribution in [0.25, 0.3) is 0 Å². The molecule has 4 amide bonds. The van der Waals surface area contributed by atoms with Gasteiger partial charge in [0.05, 0.1) is 52.9 Å². The van der Waals surface area contributed by atoms with Crippen molar-refractivity contribution in [3.63, 3.8) is 0 Å². The summed E-state index contributed by atoms with van der Waals surface area (Å²) < 4.78 is 0. The molecule has 62 heavy (non-hydrogen) atoms. The molecule has 0 aliphatic heterocycles. The molecular weight excluding hydrogens is 972 g/mol. The van der Waals surface area contributed by atoms with Gasteiger partial charge in [-0.3, -0.25) is 28.8 Å². The van der Waals surface area contributed by atoms with Gasteiger partial charge < -0.3 is 21.3 Å². The number of anilines is 4. The Labute approximate surface area is 392 Å². The number of Topliss-reactive ketones (excluding diaryl/α,β-unsaturated/α-hetero) is 2. The highest BCUT2D eigenvalue weighted by Gasteiger charge is 2.27. The normalized spacial score (nSPS) is 12.2. The lowest BCUT2D eigenvalue weighted by Gasteiger charge is -2.15. The number of amides is 4. The molecule has 0 saturated heterocycles. The van der Waals surface area contributed by atoms with Crippen molar-refractivity contribution in [3.05, 3.63) is 136 Å². The quantitative estimate of drug-likeness (QED) is 0.0630. The summed E-state index contributed by atoms with van der Waals surface area (Å²) in [7, 11) is 0. The van der Waals surface area contributed by atoms with Crippen molar-refractivity contribution < 1.29 is 28.8 Å². The summed E-state index contributed by atoms with van der Waals surface area (Å²) in [4.78, 5) is 77.5. The maximum absolute atomic E-state index is 13.3. The number of rotatable bonds is 14. The number of carbonyl (C=O) groups excluding carboxylic acids is 6. The van der Waals surface area contributed by atoms with Crippen LogP contribution in [0.4, 0.5) is 34.1 Å². The van der Waals surface area contributed by atoms with Crippen molar-refractivity contribution in [2.75, 3.05) is 21.3 Å². The fraction of sp³-hybridized carbons (Fsp3) is 0.100. The zero-order chi connectivity index (χ0) is 45.4. The summed E-state index contributed by atoms with van der Waals surface area (Å²) in [6.45, 7) is 2.20. The molecule has 5 rings (SSSR count). The van der Waals surface area contributed by atoms with E-state index in [9.17, 15) is 28.8 Å². The van der Waals surface area contributed by atoms with Gasteiger partial charge in [0.25, 0.3) is 23.6 Å². The molecule has 0 fully saturated rings. The second kappa shape index (κ2) is 21.3. The smallest absolute Gasteiger partial charge is 0.258 e. The number of nitrogens with zero attached hydrogens (tertiary/aromatic N) is 4. The average Bonchev–Trinajstić information content (AvgIpc) is 3.20. The van der Waals surface area contributed by atoms with E-state index in [4.69, 9.17) is 92.8 Å². The molecule has 14 nitrogen and oxygen atoms in total. The number of ketones is 2. The van der Waals surface area contributed by atoms with Crippen LogP contribution in [0.2, 0.25) is 40.2 Å². The third-order valence-corrected chi connectivity index (χ3v) is 10.5. The van der Waals surface area contributed by atoms with Crippen LogP contribution in [0.3, 0.4) is 0 Å². The number of halogens is 8. The molecule has 0 aliphatic rings. The Morgan fingerprint density at radius 3 is 1.11 bits per heavy atom. The molecule has 0 aromatic heterocycles. The number of nitrogens with one attached hydrogen (secondary N) is 4. The SMILES string of the molecule is CC(=O)C(N=Nc1cc(C(=O)Nc2ccc(Cl)cc2Cl)ccc1Cl)C(=O)Nc1cc(Cl)c(NC(=O)C(N=Nc2cc(C(=O)Nc3ccc(Cl)cc3Cl)ccc2Cl)C(C)=O)cc1Cl. The molecule has 0 bridgehead atoms. The van der Waals surface area contributed by atoms with Gasteiger partial charge in [0, 0.05) is 21.2 Å². The van der Waals surface area contributed by atoms with E-state index in [2.05, 4.69) is 41.7 Å². The molecule has 4 N–H and O–H groups in total. The van der Waals surface area contributed by atoms with E-state index < -0.39 is 47.3 Å². The van der Waals surface area contributed by atoms with Crippen LogP contribution < -0.4 is 21.3 Å². The van der Waals surface area contributed by atoms with E-state index in [0.29, 0.717) is 21.4 Å². The third-order valence-electron chi connectivity index (χ3n) is 8.18. The van der Waals surface area contributed by atoms with E-state index in [0.717, 1.165) is 13.8 Å². The van der Waals surface area contributed by atoms with Crippen LogP contribution >= 0.6 is 92.8 Å². The van der Waals surface area contributed by atoms with E-state index >= 15 is 0 Å². The topological polar surface area (TPSA) is 200 Å². The van der Waals surface area contributed by atoms with Gasteiger partial charge in [-0.1, -0.05) is 92.8 Å². The number of benzene rings is 5. The van der Waals surface area contributed by atoms with Crippen LogP contribution in [0.1, 0.15) is 34.6 Å². The Kier molecular flexibility index (Phi) is 16.4. The maximum Gasteiger partial charge on any atom is 0.258 e. The van der Waals surface area contributed by atoms with Crippen LogP contribution in [-0.2, 0) is 19.2 Å². The zero-order valence-electron chi connectivity index (χ0n) is 31.5. The molecule has 0 aliphatic carbocycles. The first-order valence-electron chi connectivity index (χ1n) is 17.4. The van der Waals surface area contributed by atoms with E-state index in [-0.39, 0.29) is 64.0 Å². The first kappa shape index (κ1) is 47.9. The van der Waals surface area contributed by atoms with Gasteiger partial charge in [0.1, 0.15) is 11.4 Å². The Bertz CT molecular complexity index is 2530. The summed E-state index contributed by atoms with van der Waals surface area (Å²) in [5.41, 5.74) is 0.540. The fourth-order valence-corrected chi connectivity index (χ4v) is 6.69. The second-order valence-electron chi connectivity index (χ2n) is 12.7. The van der Waals surface area contributed by atoms with E-state index in [1.54, 1.807) is 12.1 Å². The van der Waals surface area contributed by atoms with Gasteiger partial charge in [-0.05, 0) is 98.8 Å². The Hall–Kier alpha value is -5.16. The Balaban J connectivity index is 1.27. The minimum absolute atomic E-state index is 0.0369. The molecule has 0 radical (unpaired) electrons. The molecule has 2 atom stereocenters. The molecule has 5 aromatic carbocycles. The van der Waals surface area contributed by atoms with Crippen molar-refractivity contribution in [1.29, 1.82) is 0 Å². The highest BCUT2D eigenvalue weighted by molar-refractivity contribution is 6.39. The van der Waals surface area contributed by atoms with Gasteiger partial charge in [0.15, 0.2) is 11.6 Å². The summed E-state index contributed by atoms with van der Waals surface area (Å²) in [5, 5.41) is 26.8. The lowest BCUT2D eigenvalue weighted by molar-refractivity contribution is -0.127. The summed E-state index contributed by atoms with van der Waals surface area (Å²) in [6, 6.07) is 16.1. The van der Waals surface area contributed by atoms with Crippen molar-refractivity contribution in [1.82, 2.24) is 0 Å². The van der Waals surface area contributed by atoms with Crippen molar-refractivity contribution in [2.45, 2.75) is 25.9 Å². The second-order valence-corrected chi connectivity index (χ2v) is 16.1. The molecule has 22 heteroatoms. The first-order chi connectivity index (χ1) is 29.3. The third kappa shape index (κ3) is 12.5. The van der Waals surface area contributed by atoms with Gasteiger partial charge in [-0.25, -0.2) is 0 Å². The molecule has 0 heterocycles. The van der Waals surface area contributed by atoms with Crippen LogP contribution in [0, 0.1) is 0 Å². The summed E-state index contributed by atoms with van der Waals surface area (Å²) in [6.07, 6.45) is 0. The number of hydrogen-bond donors (Lipinski definition) is 4. The standard InChI is InChI=1S/C40H26Cl8N8O6/c1-17(57)35(55-53-33-11-19(3-7-23(33)43)37(59)49-29-9-5-21(41)13-25(29)45)39(61)51-31-15-28(48)32(16-27(31)47)52-40(62)36(18(2)58)56-54-34-12-20(4-8-24(34)44)38(60)50-30-10-6-22(42)14-26(30)46/h3-16,35-36H,1-2H3,(H,49,59)(H,50,60)(H,51,61)(H,52,62). The molecule has 2 unspecified atom stereocenters.